The van der Waals surface area contributed by atoms with Gasteiger partial charge in [0.1, 0.15) is 0 Å². The molecule has 0 aromatic heterocycles. The highest BCUT2D eigenvalue weighted by Gasteiger charge is 2.27. The minimum atomic E-state index is 0. The van der Waals surface area contributed by atoms with Crippen LogP contribution in [0.3, 0.4) is 0 Å². The molecule has 2 heterocycles. The van der Waals surface area contributed by atoms with Crippen molar-refractivity contribution in [1.82, 2.24) is 4.90 Å². The van der Waals surface area contributed by atoms with Crippen molar-refractivity contribution in [2.24, 2.45) is 16.6 Å². The van der Waals surface area contributed by atoms with E-state index < -0.39 is 0 Å². The van der Waals surface area contributed by atoms with E-state index in [0.29, 0.717) is 11.9 Å². The molecule has 0 amide bonds. The highest BCUT2D eigenvalue weighted by molar-refractivity contribution is 14.0. The van der Waals surface area contributed by atoms with Crippen molar-refractivity contribution < 1.29 is 4.74 Å². The zero-order chi connectivity index (χ0) is 15.2. The molecule has 0 aliphatic carbocycles. The fourth-order valence-corrected chi connectivity index (χ4v) is 4.05. The third kappa shape index (κ3) is 5.26. The van der Waals surface area contributed by atoms with Gasteiger partial charge in [0.2, 0.25) is 0 Å². The van der Waals surface area contributed by atoms with E-state index in [1.54, 1.807) is 0 Å². The number of aliphatic imine (C=N–C) groups is 1. The molecule has 1 aromatic carbocycles. The molecule has 0 radical (unpaired) electrons. The molecule has 2 saturated heterocycles. The first-order valence-electron chi connectivity index (χ1n) is 8.14. The molecule has 23 heavy (non-hydrogen) atoms. The third-order valence-electron chi connectivity index (χ3n) is 4.40. The van der Waals surface area contributed by atoms with E-state index in [1.165, 1.54) is 5.56 Å². The van der Waals surface area contributed by atoms with E-state index in [-0.39, 0.29) is 30.1 Å². The molecule has 2 fully saturated rings. The summed E-state index contributed by atoms with van der Waals surface area (Å²) in [6, 6.07) is 10.5. The van der Waals surface area contributed by atoms with Gasteiger partial charge < -0.3 is 15.4 Å². The number of rotatable bonds is 3. The average Bonchev–Trinajstić information content (AvgIpc) is 2.61. The van der Waals surface area contributed by atoms with Crippen LogP contribution < -0.4 is 5.73 Å². The first-order valence-corrected chi connectivity index (χ1v) is 9.29. The number of halogens is 1. The van der Waals surface area contributed by atoms with Crippen LogP contribution in [0.2, 0.25) is 0 Å². The lowest BCUT2D eigenvalue weighted by Gasteiger charge is -2.32. The van der Waals surface area contributed by atoms with Crippen molar-refractivity contribution >= 4 is 41.7 Å². The summed E-state index contributed by atoms with van der Waals surface area (Å²) in [6.45, 7) is 3.64. The molecular formula is C17H26IN3OS. The lowest BCUT2D eigenvalue weighted by molar-refractivity contribution is -0.0250. The molecule has 6 heteroatoms. The van der Waals surface area contributed by atoms with E-state index >= 15 is 0 Å². The SMILES string of the molecule is I.NC(=NCC1CCCOC1c1ccccc1)N1CCSCC1. The van der Waals surface area contributed by atoms with Gasteiger partial charge in [0, 0.05) is 43.7 Å². The Morgan fingerprint density at radius 3 is 2.74 bits per heavy atom. The molecule has 2 N–H and O–H groups in total. The third-order valence-corrected chi connectivity index (χ3v) is 5.34. The lowest BCUT2D eigenvalue weighted by atomic mass is 9.89. The molecule has 2 atom stereocenters. The molecular weight excluding hydrogens is 421 g/mol. The van der Waals surface area contributed by atoms with Gasteiger partial charge in [0.05, 0.1) is 6.10 Å². The Bertz CT molecular complexity index is 494. The standard InChI is InChI=1S/C17H25N3OS.HI/c18-17(20-8-11-22-12-9-20)19-13-15-7-4-10-21-16(15)14-5-2-1-3-6-14;/h1-3,5-6,15-16H,4,7-13H2,(H2,18,19);1H. The maximum atomic E-state index is 6.18. The van der Waals surface area contributed by atoms with Crippen LogP contribution in [0.1, 0.15) is 24.5 Å². The van der Waals surface area contributed by atoms with Gasteiger partial charge in [0.15, 0.2) is 5.96 Å². The van der Waals surface area contributed by atoms with Gasteiger partial charge in [0.25, 0.3) is 0 Å². The summed E-state index contributed by atoms with van der Waals surface area (Å²) in [4.78, 5) is 6.88. The van der Waals surface area contributed by atoms with E-state index in [2.05, 4.69) is 34.2 Å². The number of guanidine groups is 1. The molecule has 4 nitrogen and oxygen atoms in total. The molecule has 0 saturated carbocycles. The number of nitrogens with zero attached hydrogens (tertiary/aromatic N) is 2. The van der Waals surface area contributed by atoms with E-state index in [1.807, 2.05) is 17.8 Å². The summed E-state index contributed by atoms with van der Waals surface area (Å²) in [5.74, 6) is 3.43. The Morgan fingerprint density at radius 1 is 1.26 bits per heavy atom. The maximum absolute atomic E-state index is 6.18. The van der Waals surface area contributed by atoms with Crippen LogP contribution in [0.5, 0.6) is 0 Å². The Morgan fingerprint density at radius 2 is 2.00 bits per heavy atom. The Balaban J connectivity index is 0.00000192. The number of ether oxygens (including phenoxy) is 1. The van der Waals surface area contributed by atoms with Crippen molar-refractivity contribution in [3.8, 4) is 0 Å². The number of thioether (sulfide) groups is 1. The van der Waals surface area contributed by atoms with Crippen molar-refractivity contribution in [2.75, 3.05) is 37.7 Å². The molecule has 0 bridgehead atoms. The number of hydrogen-bond acceptors (Lipinski definition) is 3. The fraction of sp³-hybridized carbons (Fsp3) is 0.588. The summed E-state index contributed by atoms with van der Waals surface area (Å²) in [7, 11) is 0. The zero-order valence-corrected chi connectivity index (χ0v) is 16.5. The molecule has 2 aliphatic rings. The summed E-state index contributed by atoms with van der Waals surface area (Å²) in [5, 5.41) is 0. The summed E-state index contributed by atoms with van der Waals surface area (Å²) in [5.41, 5.74) is 7.44. The van der Waals surface area contributed by atoms with Gasteiger partial charge in [-0.1, -0.05) is 30.3 Å². The highest BCUT2D eigenvalue weighted by Crippen LogP contribution is 2.33. The largest absolute Gasteiger partial charge is 0.373 e. The van der Waals surface area contributed by atoms with Crippen molar-refractivity contribution in [1.29, 1.82) is 0 Å². The van der Waals surface area contributed by atoms with E-state index in [4.69, 9.17) is 10.5 Å². The molecule has 1 aromatic rings. The minimum Gasteiger partial charge on any atom is -0.373 e. The lowest BCUT2D eigenvalue weighted by Crippen LogP contribution is -2.43. The van der Waals surface area contributed by atoms with Gasteiger partial charge in [-0.3, -0.25) is 4.99 Å². The van der Waals surface area contributed by atoms with Crippen LogP contribution in [0.15, 0.2) is 35.3 Å². The van der Waals surface area contributed by atoms with Crippen molar-refractivity contribution in [3.05, 3.63) is 35.9 Å². The van der Waals surface area contributed by atoms with Crippen LogP contribution in [0, 0.1) is 5.92 Å². The second-order valence-corrected chi connectivity index (χ2v) is 7.13. The second kappa shape index (κ2) is 9.74. The number of benzene rings is 1. The van der Waals surface area contributed by atoms with Gasteiger partial charge in [-0.15, -0.1) is 24.0 Å². The first kappa shape index (κ1) is 18.9. The quantitative estimate of drug-likeness (QED) is 0.440. The maximum Gasteiger partial charge on any atom is 0.191 e. The normalized spacial score (nSPS) is 25.7. The molecule has 0 spiro atoms. The van der Waals surface area contributed by atoms with E-state index in [9.17, 15) is 0 Å². The summed E-state index contributed by atoms with van der Waals surface area (Å²) >= 11 is 1.99. The fourth-order valence-electron chi connectivity index (χ4n) is 3.14. The van der Waals surface area contributed by atoms with Crippen LogP contribution in [0.25, 0.3) is 0 Å². The van der Waals surface area contributed by atoms with Crippen LogP contribution in [-0.2, 0) is 4.74 Å². The number of nitrogens with two attached hydrogens (primary N) is 1. The van der Waals surface area contributed by atoms with Crippen LogP contribution >= 0.6 is 35.7 Å². The Labute approximate surface area is 160 Å². The van der Waals surface area contributed by atoms with Crippen molar-refractivity contribution in [2.45, 2.75) is 18.9 Å². The smallest absolute Gasteiger partial charge is 0.191 e. The monoisotopic (exact) mass is 447 g/mol. The van der Waals surface area contributed by atoms with Gasteiger partial charge >= 0.3 is 0 Å². The van der Waals surface area contributed by atoms with Gasteiger partial charge in [-0.25, -0.2) is 0 Å². The van der Waals surface area contributed by atoms with E-state index in [0.717, 1.165) is 50.6 Å². The van der Waals surface area contributed by atoms with Gasteiger partial charge in [-0.2, -0.15) is 11.8 Å². The molecule has 2 aliphatic heterocycles. The Kier molecular flexibility index (Phi) is 7.98. The Hall–Kier alpha value is -0.470. The summed E-state index contributed by atoms with van der Waals surface area (Å²) < 4.78 is 6.03. The average molecular weight is 447 g/mol. The zero-order valence-electron chi connectivity index (χ0n) is 13.4. The first-order chi connectivity index (χ1) is 10.8. The van der Waals surface area contributed by atoms with Gasteiger partial charge in [-0.05, 0) is 18.4 Å². The summed E-state index contributed by atoms with van der Waals surface area (Å²) in [6.07, 6.45) is 2.43. The number of hydrogen-bond donors (Lipinski definition) is 1. The predicted octanol–water partition coefficient (Wildman–Crippen LogP) is 3.14. The minimum absolute atomic E-state index is 0. The van der Waals surface area contributed by atoms with Crippen LogP contribution in [0.4, 0.5) is 0 Å². The second-order valence-electron chi connectivity index (χ2n) is 5.90. The molecule has 128 valence electrons. The topological polar surface area (TPSA) is 50.9 Å². The van der Waals surface area contributed by atoms with Crippen molar-refractivity contribution in [3.63, 3.8) is 0 Å². The molecule has 3 rings (SSSR count). The molecule has 2 unspecified atom stereocenters. The highest BCUT2D eigenvalue weighted by atomic mass is 127. The van der Waals surface area contributed by atoms with Crippen LogP contribution in [-0.4, -0.2) is 48.6 Å². The predicted molar refractivity (Wildman–Crippen MR) is 109 cm³/mol.